The number of aromatic carboxylic acids is 1. The van der Waals surface area contributed by atoms with E-state index >= 15 is 0 Å². The lowest BCUT2D eigenvalue weighted by Crippen LogP contribution is -2.07. The summed E-state index contributed by atoms with van der Waals surface area (Å²) in [5, 5.41) is 13.4. The van der Waals surface area contributed by atoms with Crippen LogP contribution < -0.4 is 4.74 Å². The molecule has 0 atom stereocenters. The lowest BCUT2D eigenvalue weighted by Gasteiger charge is -2.15. The molecular weight excluding hydrogens is 292 g/mol. The topological polar surface area (TPSA) is 64.4 Å². The summed E-state index contributed by atoms with van der Waals surface area (Å²) in [7, 11) is 1.81. The monoisotopic (exact) mass is 308 g/mol. The number of halogens is 1. The first kappa shape index (κ1) is 15.4. The molecule has 2 aromatic rings. The highest BCUT2D eigenvalue weighted by Crippen LogP contribution is 2.38. The number of benzene rings is 1. The van der Waals surface area contributed by atoms with E-state index in [0.29, 0.717) is 18.3 Å². The first-order valence-electron chi connectivity index (χ1n) is 6.57. The zero-order valence-electron chi connectivity index (χ0n) is 12.1. The number of ether oxygens (including phenoxy) is 1. The minimum Gasteiger partial charge on any atom is -0.491 e. The second-order valence-electron chi connectivity index (χ2n) is 5.22. The van der Waals surface area contributed by atoms with E-state index in [2.05, 4.69) is 5.10 Å². The molecule has 0 unspecified atom stereocenters. The van der Waals surface area contributed by atoms with Gasteiger partial charge >= 0.3 is 5.97 Å². The number of carboxylic acid groups (broad SMARTS) is 1. The van der Waals surface area contributed by atoms with Gasteiger partial charge in [0, 0.05) is 24.4 Å². The van der Waals surface area contributed by atoms with Crippen molar-refractivity contribution in [2.75, 3.05) is 6.61 Å². The summed E-state index contributed by atoms with van der Waals surface area (Å²) >= 11 is 6.22. The van der Waals surface area contributed by atoms with Gasteiger partial charge in [-0.25, -0.2) is 4.79 Å². The third-order valence-electron chi connectivity index (χ3n) is 2.90. The number of hydrogen-bond acceptors (Lipinski definition) is 3. The summed E-state index contributed by atoms with van der Waals surface area (Å²) in [6.07, 6.45) is 3.52. The van der Waals surface area contributed by atoms with Crippen molar-refractivity contribution >= 4 is 17.6 Å². The zero-order valence-corrected chi connectivity index (χ0v) is 12.9. The maximum atomic E-state index is 11.2. The van der Waals surface area contributed by atoms with Crippen LogP contribution in [0.5, 0.6) is 5.75 Å². The van der Waals surface area contributed by atoms with Crippen molar-refractivity contribution in [2.45, 2.75) is 13.8 Å². The third-order valence-corrected chi connectivity index (χ3v) is 3.28. The van der Waals surface area contributed by atoms with E-state index in [1.807, 2.05) is 27.1 Å². The van der Waals surface area contributed by atoms with Crippen LogP contribution in [0.2, 0.25) is 5.02 Å². The fraction of sp³-hybridized carbons (Fsp3) is 0.333. The Kier molecular flexibility index (Phi) is 4.53. The predicted molar refractivity (Wildman–Crippen MR) is 80.9 cm³/mol. The molecule has 0 aliphatic rings. The van der Waals surface area contributed by atoms with Crippen LogP contribution >= 0.6 is 11.6 Å². The minimum absolute atomic E-state index is 0.0306. The maximum Gasteiger partial charge on any atom is 0.337 e. The van der Waals surface area contributed by atoms with Gasteiger partial charge in [-0.3, -0.25) is 4.68 Å². The number of rotatable bonds is 5. The first-order chi connectivity index (χ1) is 9.90. The first-order valence-corrected chi connectivity index (χ1v) is 6.95. The molecule has 0 radical (unpaired) electrons. The molecule has 0 spiro atoms. The Morgan fingerprint density at radius 1 is 1.48 bits per heavy atom. The van der Waals surface area contributed by atoms with E-state index in [4.69, 9.17) is 16.3 Å². The molecule has 0 aliphatic heterocycles. The van der Waals surface area contributed by atoms with Gasteiger partial charge in [0.15, 0.2) is 0 Å². The summed E-state index contributed by atoms with van der Waals surface area (Å²) in [6.45, 7) is 4.48. The summed E-state index contributed by atoms with van der Waals surface area (Å²) in [5.41, 5.74) is 1.59. The smallest absolute Gasteiger partial charge is 0.337 e. The van der Waals surface area contributed by atoms with E-state index in [1.54, 1.807) is 16.9 Å². The van der Waals surface area contributed by atoms with Crippen molar-refractivity contribution in [3.8, 4) is 16.9 Å². The Morgan fingerprint density at radius 3 is 2.71 bits per heavy atom. The van der Waals surface area contributed by atoms with Gasteiger partial charge in [-0.1, -0.05) is 25.4 Å². The number of carbonyl (C=O) groups is 1. The van der Waals surface area contributed by atoms with Gasteiger partial charge < -0.3 is 9.84 Å². The average Bonchev–Trinajstić information content (AvgIpc) is 2.82. The number of aryl methyl sites for hydroxylation is 1. The van der Waals surface area contributed by atoms with E-state index in [0.717, 1.165) is 11.1 Å². The standard InChI is InChI=1S/C15H17ClN2O3/c1-9(2)8-21-14-11(10-6-17-18(3)7-10)4-5-12(13(14)16)15(19)20/h4-7,9H,8H2,1-3H3,(H,19,20). The highest BCUT2D eigenvalue weighted by Gasteiger charge is 2.19. The Morgan fingerprint density at radius 2 is 2.19 bits per heavy atom. The molecule has 2 rings (SSSR count). The molecule has 0 bridgehead atoms. The van der Waals surface area contributed by atoms with Crippen LogP contribution in [0.3, 0.4) is 0 Å². The van der Waals surface area contributed by atoms with Crippen molar-refractivity contribution in [1.82, 2.24) is 9.78 Å². The molecule has 1 aromatic carbocycles. The molecule has 0 fully saturated rings. The molecule has 112 valence electrons. The zero-order chi connectivity index (χ0) is 15.6. The summed E-state index contributed by atoms with van der Waals surface area (Å²) in [4.78, 5) is 11.2. The van der Waals surface area contributed by atoms with Gasteiger partial charge in [-0.05, 0) is 18.1 Å². The van der Waals surface area contributed by atoms with Gasteiger partial charge in [0.05, 0.1) is 23.4 Å². The number of carboxylic acids is 1. The van der Waals surface area contributed by atoms with Crippen molar-refractivity contribution in [3.05, 3.63) is 35.1 Å². The molecule has 0 saturated carbocycles. The van der Waals surface area contributed by atoms with Gasteiger partial charge in [0.2, 0.25) is 0 Å². The fourth-order valence-corrected chi connectivity index (χ4v) is 2.20. The van der Waals surface area contributed by atoms with Crippen molar-refractivity contribution in [1.29, 1.82) is 0 Å². The molecule has 1 aromatic heterocycles. The maximum absolute atomic E-state index is 11.2. The minimum atomic E-state index is -1.08. The molecule has 1 heterocycles. The Balaban J connectivity index is 2.53. The van der Waals surface area contributed by atoms with Crippen LogP contribution in [-0.4, -0.2) is 27.5 Å². The van der Waals surface area contributed by atoms with Gasteiger partial charge in [-0.15, -0.1) is 0 Å². The van der Waals surface area contributed by atoms with Crippen LogP contribution in [-0.2, 0) is 7.05 Å². The second-order valence-corrected chi connectivity index (χ2v) is 5.59. The second kappa shape index (κ2) is 6.18. The van der Waals surface area contributed by atoms with Crippen molar-refractivity contribution in [2.24, 2.45) is 13.0 Å². The number of nitrogens with zero attached hydrogens (tertiary/aromatic N) is 2. The highest BCUT2D eigenvalue weighted by molar-refractivity contribution is 6.35. The van der Waals surface area contributed by atoms with Gasteiger partial charge in [0.1, 0.15) is 5.75 Å². The van der Waals surface area contributed by atoms with E-state index < -0.39 is 5.97 Å². The van der Waals surface area contributed by atoms with Crippen LogP contribution in [0.15, 0.2) is 24.5 Å². The summed E-state index contributed by atoms with van der Waals surface area (Å²) in [6, 6.07) is 3.18. The number of hydrogen-bond donors (Lipinski definition) is 1. The van der Waals surface area contributed by atoms with Crippen molar-refractivity contribution in [3.63, 3.8) is 0 Å². The fourth-order valence-electron chi connectivity index (χ4n) is 1.90. The quantitative estimate of drug-likeness (QED) is 0.918. The average molecular weight is 309 g/mol. The Hall–Kier alpha value is -2.01. The highest BCUT2D eigenvalue weighted by atomic mass is 35.5. The molecule has 21 heavy (non-hydrogen) atoms. The van der Waals surface area contributed by atoms with Crippen LogP contribution in [0, 0.1) is 5.92 Å². The Labute approximate surface area is 128 Å². The van der Waals surface area contributed by atoms with E-state index in [1.165, 1.54) is 6.07 Å². The largest absolute Gasteiger partial charge is 0.491 e. The molecule has 5 nitrogen and oxygen atoms in total. The lowest BCUT2D eigenvalue weighted by molar-refractivity contribution is 0.0696. The normalized spacial score (nSPS) is 10.9. The molecule has 0 aliphatic carbocycles. The van der Waals surface area contributed by atoms with E-state index in [-0.39, 0.29) is 10.6 Å². The molecule has 0 saturated heterocycles. The van der Waals surface area contributed by atoms with Crippen LogP contribution in [0.25, 0.3) is 11.1 Å². The van der Waals surface area contributed by atoms with Gasteiger partial charge in [-0.2, -0.15) is 5.10 Å². The van der Waals surface area contributed by atoms with Gasteiger partial charge in [0.25, 0.3) is 0 Å². The predicted octanol–water partition coefficient (Wildman–Crippen LogP) is 3.47. The lowest BCUT2D eigenvalue weighted by atomic mass is 10.1. The molecule has 1 N–H and O–H groups in total. The summed E-state index contributed by atoms with van der Waals surface area (Å²) in [5.74, 6) is -0.387. The van der Waals surface area contributed by atoms with Crippen molar-refractivity contribution < 1.29 is 14.6 Å². The number of aromatic nitrogens is 2. The SMILES string of the molecule is CC(C)COc1c(-c2cnn(C)c2)ccc(C(=O)O)c1Cl. The van der Waals surface area contributed by atoms with Crippen LogP contribution in [0.1, 0.15) is 24.2 Å². The summed E-state index contributed by atoms with van der Waals surface area (Å²) < 4.78 is 7.42. The molecular formula is C15H17ClN2O3. The Bertz CT molecular complexity index is 665. The molecule has 0 amide bonds. The van der Waals surface area contributed by atoms with E-state index in [9.17, 15) is 9.90 Å². The molecule has 6 heteroatoms. The van der Waals surface area contributed by atoms with Crippen LogP contribution in [0.4, 0.5) is 0 Å². The third kappa shape index (κ3) is 3.36.